The summed E-state index contributed by atoms with van der Waals surface area (Å²) in [5.74, 6) is 0.903. The van der Waals surface area contributed by atoms with Crippen LogP contribution in [0.3, 0.4) is 0 Å². The van der Waals surface area contributed by atoms with Crippen molar-refractivity contribution in [2.45, 2.75) is 39.4 Å². The second-order valence-corrected chi connectivity index (χ2v) is 8.72. The van der Waals surface area contributed by atoms with Crippen LogP contribution < -0.4 is 14.8 Å². The van der Waals surface area contributed by atoms with E-state index in [0.717, 1.165) is 16.7 Å². The Bertz CT molecular complexity index is 1120. The first-order valence-electron chi connectivity index (χ1n) is 11.6. The summed E-state index contributed by atoms with van der Waals surface area (Å²) in [6.45, 7) is 4.63. The molecule has 1 aliphatic rings. The van der Waals surface area contributed by atoms with Gasteiger partial charge in [-0.05, 0) is 28.8 Å². The second kappa shape index (κ2) is 10.9. The van der Waals surface area contributed by atoms with Crippen LogP contribution in [0.4, 0.5) is 0 Å². The van der Waals surface area contributed by atoms with Gasteiger partial charge in [0.1, 0.15) is 6.04 Å². The molecule has 0 unspecified atom stereocenters. The number of rotatable bonds is 9. The van der Waals surface area contributed by atoms with E-state index in [1.807, 2.05) is 92.7 Å². The number of carbonyl (C=O) groups is 2. The first kappa shape index (κ1) is 23.4. The van der Waals surface area contributed by atoms with Gasteiger partial charge in [-0.2, -0.15) is 0 Å². The Morgan fingerprint density at radius 3 is 2.18 bits per heavy atom. The average Bonchev–Trinajstić information content (AvgIpc) is 3.33. The zero-order valence-corrected chi connectivity index (χ0v) is 19.6. The number of hydrogen-bond donors (Lipinski definition) is 1. The topological polar surface area (TPSA) is 67.9 Å². The summed E-state index contributed by atoms with van der Waals surface area (Å²) in [5.41, 5.74) is 2.89. The fraction of sp³-hybridized carbons (Fsp3) is 0.286. The number of ether oxygens (including phenoxy) is 2. The molecule has 2 amide bonds. The zero-order chi connectivity index (χ0) is 23.9. The highest BCUT2D eigenvalue weighted by molar-refractivity contribution is 5.88. The quantitative estimate of drug-likeness (QED) is 0.518. The summed E-state index contributed by atoms with van der Waals surface area (Å²) in [5, 5.41) is 3.04. The minimum atomic E-state index is -0.647. The highest BCUT2D eigenvalue weighted by Crippen LogP contribution is 2.32. The van der Waals surface area contributed by atoms with Crippen molar-refractivity contribution in [2.24, 2.45) is 5.92 Å². The summed E-state index contributed by atoms with van der Waals surface area (Å²) in [6, 6.07) is 24.6. The van der Waals surface area contributed by atoms with Gasteiger partial charge in [0, 0.05) is 25.4 Å². The summed E-state index contributed by atoms with van der Waals surface area (Å²) < 4.78 is 10.8. The van der Waals surface area contributed by atoms with Crippen molar-refractivity contribution in [3.63, 3.8) is 0 Å². The number of carbonyl (C=O) groups excluding carboxylic acids is 2. The molecule has 176 valence electrons. The van der Waals surface area contributed by atoms with Gasteiger partial charge in [0.25, 0.3) is 0 Å². The monoisotopic (exact) mass is 458 g/mol. The summed E-state index contributed by atoms with van der Waals surface area (Å²) in [6.07, 6.45) is 0.430. The Hall–Kier alpha value is -3.80. The van der Waals surface area contributed by atoms with E-state index in [1.54, 1.807) is 4.90 Å². The molecule has 3 aromatic carbocycles. The molecule has 0 saturated heterocycles. The van der Waals surface area contributed by atoms with E-state index in [4.69, 9.17) is 9.47 Å². The third-order valence-corrected chi connectivity index (χ3v) is 5.83. The van der Waals surface area contributed by atoms with Crippen molar-refractivity contribution in [3.8, 4) is 11.5 Å². The smallest absolute Gasteiger partial charge is 0.243 e. The highest BCUT2D eigenvalue weighted by Gasteiger charge is 2.31. The van der Waals surface area contributed by atoms with E-state index in [1.165, 1.54) is 0 Å². The molecule has 0 saturated carbocycles. The van der Waals surface area contributed by atoms with E-state index >= 15 is 0 Å². The summed E-state index contributed by atoms with van der Waals surface area (Å²) in [4.78, 5) is 28.6. The van der Waals surface area contributed by atoms with Crippen LogP contribution in [0.15, 0.2) is 78.9 Å². The number of nitrogens with zero attached hydrogens (tertiary/aromatic N) is 1. The molecule has 3 aromatic rings. The largest absolute Gasteiger partial charge is 0.454 e. The van der Waals surface area contributed by atoms with Crippen molar-refractivity contribution < 1.29 is 19.1 Å². The van der Waals surface area contributed by atoms with Crippen molar-refractivity contribution in [1.29, 1.82) is 0 Å². The minimum absolute atomic E-state index is 0.0528. The van der Waals surface area contributed by atoms with Gasteiger partial charge >= 0.3 is 0 Å². The Labute approximate surface area is 200 Å². The van der Waals surface area contributed by atoms with Gasteiger partial charge in [-0.1, -0.05) is 80.6 Å². The number of nitrogens with one attached hydrogen (secondary N) is 1. The van der Waals surface area contributed by atoms with Gasteiger partial charge in [-0.15, -0.1) is 0 Å². The van der Waals surface area contributed by atoms with Crippen molar-refractivity contribution in [3.05, 3.63) is 95.6 Å². The molecule has 0 aliphatic carbocycles. The molecule has 0 aromatic heterocycles. The van der Waals surface area contributed by atoms with Gasteiger partial charge in [0.2, 0.25) is 18.6 Å². The van der Waals surface area contributed by atoms with Crippen LogP contribution in [0.2, 0.25) is 0 Å². The number of fused-ring (bicyclic) bond motifs is 1. The van der Waals surface area contributed by atoms with Gasteiger partial charge < -0.3 is 19.7 Å². The molecule has 1 N–H and O–H groups in total. The maximum absolute atomic E-state index is 13.6. The fourth-order valence-electron chi connectivity index (χ4n) is 3.99. The second-order valence-electron chi connectivity index (χ2n) is 8.72. The first-order chi connectivity index (χ1) is 16.5. The molecule has 1 heterocycles. The molecule has 4 rings (SSSR count). The van der Waals surface area contributed by atoms with Gasteiger partial charge in [0.05, 0.1) is 0 Å². The highest BCUT2D eigenvalue weighted by atomic mass is 16.7. The normalized spacial score (nSPS) is 12.9. The Balaban J connectivity index is 1.57. The SMILES string of the molecule is CC(C)C(=O)N(Cc1ccccc1)[C@@H](Cc1ccccc1)C(=O)NCc1ccc2c(c1)OCO2. The molecule has 34 heavy (non-hydrogen) atoms. The molecule has 1 atom stereocenters. The maximum Gasteiger partial charge on any atom is 0.243 e. The molecule has 6 heteroatoms. The van der Waals surface area contributed by atoms with E-state index in [-0.39, 0.29) is 24.5 Å². The molecule has 0 spiro atoms. The van der Waals surface area contributed by atoms with E-state index < -0.39 is 6.04 Å². The van der Waals surface area contributed by atoms with Gasteiger partial charge in [-0.3, -0.25) is 9.59 Å². The third kappa shape index (κ3) is 5.76. The average molecular weight is 459 g/mol. The number of benzene rings is 3. The Morgan fingerprint density at radius 2 is 1.50 bits per heavy atom. The molecule has 0 fully saturated rings. The van der Waals surface area contributed by atoms with Crippen molar-refractivity contribution in [2.75, 3.05) is 6.79 Å². The standard InChI is InChI=1S/C28H30N2O4/c1-20(2)28(32)30(18-22-11-7-4-8-12-22)24(15-21-9-5-3-6-10-21)27(31)29-17-23-13-14-25-26(16-23)34-19-33-25/h3-14,16,20,24H,15,17-19H2,1-2H3,(H,29,31)/t24-/m0/s1. The van der Waals surface area contributed by atoms with Crippen LogP contribution in [0, 0.1) is 5.92 Å². The van der Waals surface area contributed by atoms with Gasteiger partial charge in [0.15, 0.2) is 11.5 Å². The molecule has 1 aliphatic heterocycles. The molecule has 6 nitrogen and oxygen atoms in total. The predicted molar refractivity (Wildman–Crippen MR) is 130 cm³/mol. The summed E-state index contributed by atoms with van der Waals surface area (Å²) in [7, 11) is 0. The van der Waals surface area contributed by atoms with Crippen LogP contribution in [-0.4, -0.2) is 29.5 Å². The lowest BCUT2D eigenvalue weighted by Gasteiger charge is -2.32. The maximum atomic E-state index is 13.6. The van der Waals surface area contributed by atoms with E-state index in [0.29, 0.717) is 31.0 Å². The molecule has 0 bridgehead atoms. The Morgan fingerprint density at radius 1 is 0.853 bits per heavy atom. The fourth-order valence-corrected chi connectivity index (χ4v) is 3.99. The lowest BCUT2D eigenvalue weighted by molar-refractivity contribution is -0.143. The van der Waals surface area contributed by atoms with Crippen LogP contribution in [0.5, 0.6) is 11.5 Å². The predicted octanol–water partition coefficient (Wildman–Crippen LogP) is 4.33. The minimum Gasteiger partial charge on any atom is -0.454 e. The van der Waals surface area contributed by atoms with Crippen molar-refractivity contribution >= 4 is 11.8 Å². The van der Waals surface area contributed by atoms with Crippen LogP contribution in [-0.2, 0) is 29.1 Å². The lowest BCUT2D eigenvalue weighted by atomic mass is 10.0. The van der Waals surface area contributed by atoms with Gasteiger partial charge in [-0.25, -0.2) is 0 Å². The van der Waals surface area contributed by atoms with E-state index in [2.05, 4.69) is 5.32 Å². The van der Waals surface area contributed by atoms with Crippen LogP contribution >= 0.6 is 0 Å². The van der Waals surface area contributed by atoms with Crippen LogP contribution in [0.1, 0.15) is 30.5 Å². The van der Waals surface area contributed by atoms with Crippen molar-refractivity contribution in [1.82, 2.24) is 10.2 Å². The lowest BCUT2D eigenvalue weighted by Crippen LogP contribution is -2.51. The molecular weight excluding hydrogens is 428 g/mol. The third-order valence-electron chi connectivity index (χ3n) is 5.83. The number of hydrogen-bond acceptors (Lipinski definition) is 4. The number of amides is 2. The first-order valence-corrected chi connectivity index (χ1v) is 11.6. The summed E-state index contributed by atoms with van der Waals surface area (Å²) >= 11 is 0. The van der Waals surface area contributed by atoms with E-state index in [9.17, 15) is 9.59 Å². The zero-order valence-electron chi connectivity index (χ0n) is 19.6. The Kier molecular flexibility index (Phi) is 7.48. The van der Waals surface area contributed by atoms with Crippen LogP contribution in [0.25, 0.3) is 0 Å². The molecular formula is C28H30N2O4. The molecule has 0 radical (unpaired) electrons.